The largest absolute Gasteiger partial charge is 0.375 e. The molecule has 1 amide bonds. The lowest BCUT2D eigenvalue weighted by atomic mass is 9.82. The maximum Gasteiger partial charge on any atom is 0.274 e. The molecule has 0 aromatic carbocycles. The SMILES string of the molecule is Cc1cnc(C(=O)N2CCC3(CC2)CC(N2CCCC2)CCO3)cn1. The van der Waals surface area contributed by atoms with E-state index in [4.69, 9.17) is 4.74 Å². The van der Waals surface area contributed by atoms with Crippen LogP contribution >= 0.6 is 0 Å². The predicted molar refractivity (Wildman–Crippen MR) is 94.4 cm³/mol. The monoisotopic (exact) mass is 344 g/mol. The van der Waals surface area contributed by atoms with Crippen LogP contribution < -0.4 is 0 Å². The van der Waals surface area contributed by atoms with Crippen molar-refractivity contribution in [2.75, 3.05) is 32.8 Å². The Morgan fingerprint density at radius 1 is 1.16 bits per heavy atom. The molecule has 0 bridgehead atoms. The maximum absolute atomic E-state index is 12.6. The highest BCUT2D eigenvalue weighted by Crippen LogP contribution is 2.37. The normalized spacial score (nSPS) is 26.9. The third-order valence-corrected chi connectivity index (χ3v) is 6.09. The van der Waals surface area contributed by atoms with Crippen LogP contribution in [0.3, 0.4) is 0 Å². The van der Waals surface area contributed by atoms with E-state index < -0.39 is 0 Å². The molecular formula is C19H28N4O2. The molecule has 1 atom stereocenters. The number of aryl methyl sites for hydroxylation is 1. The van der Waals surface area contributed by atoms with Gasteiger partial charge in [-0.2, -0.15) is 0 Å². The molecule has 6 nitrogen and oxygen atoms in total. The lowest BCUT2D eigenvalue weighted by Crippen LogP contribution is -2.54. The third-order valence-electron chi connectivity index (χ3n) is 6.09. The van der Waals surface area contributed by atoms with E-state index in [0.717, 1.165) is 51.1 Å². The van der Waals surface area contributed by atoms with Gasteiger partial charge in [-0.3, -0.25) is 9.78 Å². The lowest BCUT2D eigenvalue weighted by Gasteiger charge is -2.47. The van der Waals surface area contributed by atoms with Crippen molar-refractivity contribution in [2.24, 2.45) is 0 Å². The zero-order valence-electron chi connectivity index (χ0n) is 15.1. The fourth-order valence-corrected chi connectivity index (χ4v) is 4.55. The van der Waals surface area contributed by atoms with Gasteiger partial charge in [0.2, 0.25) is 0 Å². The molecule has 1 aromatic heterocycles. The molecule has 1 aromatic rings. The first-order chi connectivity index (χ1) is 12.2. The van der Waals surface area contributed by atoms with Gasteiger partial charge in [0.25, 0.3) is 5.91 Å². The number of carbonyl (C=O) groups is 1. The van der Waals surface area contributed by atoms with Crippen LogP contribution in [0, 0.1) is 6.92 Å². The second-order valence-corrected chi connectivity index (χ2v) is 7.76. The van der Waals surface area contributed by atoms with E-state index in [1.165, 1.54) is 25.9 Å². The number of nitrogens with zero attached hydrogens (tertiary/aromatic N) is 4. The molecule has 3 aliphatic rings. The highest BCUT2D eigenvalue weighted by Gasteiger charge is 2.43. The Bertz CT molecular complexity index is 604. The van der Waals surface area contributed by atoms with E-state index in [0.29, 0.717) is 11.7 Å². The standard InChI is InChI=1S/C19H28N4O2/c1-15-13-21-17(14-20-15)18(24)23-9-5-19(6-10-23)12-16(4-11-25-19)22-7-2-3-8-22/h13-14,16H,2-12H2,1H3. The molecule has 0 N–H and O–H groups in total. The summed E-state index contributed by atoms with van der Waals surface area (Å²) in [6, 6.07) is 0.668. The van der Waals surface area contributed by atoms with Crippen molar-refractivity contribution < 1.29 is 9.53 Å². The Hall–Kier alpha value is -1.53. The lowest BCUT2D eigenvalue weighted by molar-refractivity contribution is -0.128. The first-order valence-electron chi connectivity index (χ1n) is 9.61. The Balaban J connectivity index is 1.37. The van der Waals surface area contributed by atoms with Gasteiger partial charge in [-0.1, -0.05) is 0 Å². The van der Waals surface area contributed by atoms with E-state index in [1.54, 1.807) is 12.4 Å². The van der Waals surface area contributed by atoms with Crippen LogP contribution in [0.4, 0.5) is 0 Å². The minimum absolute atomic E-state index is 0.00532. The van der Waals surface area contributed by atoms with Crippen LogP contribution in [0.5, 0.6) is 0 Å². The van der Waals surface area contributed by atoms with Crippen molar-refractivity contribution in [1.82, 2.24) is 19.8 Å². The summed E-state index contributed by atoms with van der Waals surface area (Å²) < 4.78 is 6.25. The van der Waals surface area contributed by atoms with Gasteiger partial charge < -0.3 is 14.5 Å². The smallest absolute Gasteiger partial charge is 0.274 e. The number of carbonyl (C=O) groups excluding carboxylic acids is 1. The molecule has 0 radical (unpaired) electrons. The highest BCUT2D eigenvalue weighted by molar-refractivity contribution is 5.92. The molecule has 3 aliphatic heterocycles. The van der Waals surface area contributed by atoms with Gasteiger partial charge in [0.05, 0.1) is 17.5 Å². The Kier molecular flexibility index (Phi) is 4.73. The van der Waals surface area contributed by atoms with Crippen molar-refractivity contribution in [3.8, 4) is 0 Å². The quantitative estimate of drug-likeness (QED) is 0.822. The van der Waals surface area contributed by atoms with Crippen LogP contribution in [0.25, 0.3) is 0 Å². The molecular weight excluding hydrogens is 316 g/mol. The molecule has 3 saturated heterocycles. The van der Waals surface area contributed by atoms with Gasteiger partial charge in [-0.05, 0) is 58.5 Å². The van der Waals surface area contributed by atoms with Crippen molar-refractivity contribution in [2.45, 2.75) is 57.1 Å². The minimum atomic E-state index is -0.0265. The fraction of sp³-hybridized carbons (Fsp3) is 0.737. The second kappa shape index (κ2) is 7.00. The number of hydrogen-bond acceptors (Lipinski definition) is 5. The van der Waals surface area contributed by atoms with Gasteiger partial charge in [0, 0.05) is 31.9 Å². The number of ether oxygens (including phenoxy) is 1. The number of aromatic nitrogens is 2. The third kappa shape index (κ3) is 3.55. The summed E-state index contributed by atoms with van der Waals surface area (Å²) in [5.41, 5.74) is 1.25. The van der Waals surface area contributed by atoms with E-state index in [1.807, 2.05) is 11.8 Å². The van der Waals surface area contributed by atoms with Crippen molar-refractivity contribution in [1.29, 1.82) is 0 Å². The first kappa shape index (κ1) is 16.9. The molecule has 6 heteroatoms. The number of likely N-dealkylation sites (tertiary alicyclic amines) is 2. The molecule has 1 spiro atoms. The predicted octanol–water partition coefficient (Wildman–Crippen LogP) is 2.03. The molecule has 3 fully saturated rings. The molecule has 4 heterocycles. The Morgan fingerprint density at radius 3 is 2.60 bits per heavy atom. The number of piperidine rings is 1. The van der Waals surface area contributed by atoms with Crippen LogP contribution in [0.15, 0.2) is 12.4 Å². The summed E-state index contributed by atoms with van der Waals surface area (Å²) in [5.74, 6) is -0.00532. The van der Waals surface area contributed by atoms with Crippen LogP contribution in [-0.2, 0) is 4.74 Å². The zero-order chi connectivity index (χ0) is 17.3. The summed E-state index contributed by atoms with van der Waals surface area (Å²) in [6.45, 7) is 6.73. The van der Waals surface area contributed by atoms with E-state index >= 15 is 0 Å². The summed E-state index contributed by atoms with van der Waals surface area (Å²) in [5, 5.41) is 0. The zero-order valence-corrected chi connectivity index (χ0v) is 15.1. The van der Waals surface area contributed by atoms with Crippen LogP contribution in [0.1, 0.15) is 54.7 Å². The van der Waals surface area contributed by atoms with Gasteiger partial charge in [-0.15, -0.1) is 0 Å². The Morgan fingerprint density at radius 2 is 1.92 bits per heavy atom. The average Bonchev–Trinajstić information content (AvgIpc) is 3.17. The summed E-state index contributed by atoms with van der Waals surface area (Å²) in [4.78, 5) is 25.6. The fourth-order valence-electron chi connectivity index (χ4n) is 4.55. The van der Waals surface area contributed by atoms with Crippen LogP contribution in [-0.4, -0.2) is 70.1 Å². The molecule has 136 valence electrons. The number of hydrogen-bond donors (Lipinski definition) is 0. The summed E-state index contributed by atoms with van der Waals surface area (Å²) in [6.07, 6.45) is 10.1. The van der Waals surface area contributed by atoms with E-state index in [2.05, 4.69) is 14.9 Å². The number of amides is 1. The minimum Gasteiger partial charge on any atom is -0.375 e. The topological polar surface area (TPSA) is 58.6 Å². The van der Waals surface area contributed by atoms with Gasteiger partial charge in [0.1, 0.15) is 5.69 Å². The molecule has 25 heavy (non-hydrogen) atoms. The highest BCUT2D eigenvalue weighted by atomic mass is 16.5. The average molecular weight is 344 g/mol. The molecule has 0 aliphatic carbocycles. The first-order valence-corrected chi connectivity index (χ1v) is 9.61. The second-order valence-electron chi connectivity index (χ2n) is 7.76. The molecule has 0 saturated carbocycles. The summed E-state index contributed by atoms with van der Waals surface area (Å²) in [7, 11) is 0. The number of rotatable bonds is 2. The van der Waals surface area contributed by atoms with Crippen molar-refractivity contribution >= 4 is 5.91 Å². The Labute approximate surface area is 149 Å². The molecule has 4 rings (SSSR count). The van der Waals surface area contributed by atoms with E-state index in [9.17, 15) is 4.79 Å². The van der Waals surface area contributed by atoms with Crippen molar-refractivity contribution in [3.05, 3.63) is 23.8 Å². The molecule has 1 unspecified atom stereocenters. The summed E-state index contributed by atoms with van der Waals surface area (Å²) >= 11 is 0. The maximum atomic E-state index is 12.6. The van der Waals surface area contributed by atoms with Gasteiger partial charge in [-0.25, -0.2) is 4.98 Å². The van der Waals surface area contributed by atoms with Gasteiger partial charge in [0.15, 0.2) is 0 Å². The van der Waals surface area contributed by atoms with Crippen molar-refractivity contribution in [3.63, 3.8) is 0 Å². The van der Waals surface area contributed by atoms with E-state index in [-0.39, 0.29) is 11.5 Å². The van der Waals surface area contributed by atoms with Crippen LogP contribution in [0.2, 0.25) is 0 Å². The van der Waals surface area contributed by atoms with Gasteiger partial charge >= 0.3 is 0 Å².